The molecule has 0 fully saturated rings. The summed E-state index contributed by atoms with van der Waals surface area (Å²) in [4.78, 5) is 7.73. The normalized spacial score (nSPS) is 15.7. The van der Waals surface area contributed by atoms with Gasteiger partial charge in [-0.2, -0.15) is 0 Å². The fourth-order valence-electron chi connectivity index (χ4n) is 3.87. The first-order valence-electron chi connectivity index (χ1n) is 11.6. The first-order chi connectivity index (χ1) is 18.6. The molecule has 0 aliphatic heterocycles. The Balaban J connectivity index is 0.000000220. The Hall–Kier alpha value is -2.74. The Morgan fingerprint density at radius 2 is 0.975 bits per heavy atom. The zero-order valence-electron chi connectivity index (χ0n) is 21.0. The van der Waals surface area contributed by atoms with Gasteiger partial charge in [-0.3, -0.25) is 9.97 Å². The van der Waals surface area contributed by atoms with Crippen molar-refractivity contribution in [2.45, 2.75) is 37.3 Å². The van der Waals surface area contributed by atoms with Crippen molar-refractivity contribution in [1.82, 2.24) is 9.97 Å². The molecule has 0 radical (unpaired) electrons. The Labute approximate surface area is 244 Å². The number of aliphatic hydroxyl groups is 4. The molecule has 0 saturated carbocycles. The SMILES string of the molecule is C[C@@](O)(c1cc(F)ccc1F)[C@H](O)c1cncc(Br)c1.C[C@](O)(c1cc(F)ccc1F)[C@H](O)c1cncc(Br)c1. The Morgan fingerprint density at radius 3 is 1.30 bits per heavy atom. The van der Waals surface area contributed by atoms with Gasteiger partial charge in [0.2, 0.25) is 0 Å². The van der Waals surface area contributed by atoms with Crippen LogP contribution in [0.4, 0.5) is 17.6 Å². The van der Waals surface area contributed by atoms with E-state index in [2.05, 4.69) is 41.8 Å². The first-order valence-corrected chi connectivity index (χ1v) is 13.2. The molecule has 0 spiro atoms. The molecule has 6 nitrogen and oxygen atoms in total. The summed E-state index contributed by atoms with van der Waals surface area (Å²) in [5.41, 5.74) is -4.04. The lowest BCUT2D eigenvalue weighted by molar-refractivity contribution is -0.0715. The lowest BCUT2D eigenvalue weighted by Gasteiger charge is -2.30. The highest BCUT2D eigenvalue weighted by Crippen LogP contribution is 2.38. The molecule has 4 rings (SSSR count). The molecular formula is C28H24Br2F4N2O4. The van der Waals surface area contributed by atoms with Gasteiger partial charge >= 0.3 is 0 Å². The van der Waals surface area contributed by atoms with E-state index in [0.717, 1.165) is 36.4 Å². The maximum Gasteiger partial charge on any atom is 0.129 e. The summed E-state index contributed by atoms with van der Waals surface area (Å²) < 4.78 is 55.2. The molecule has 4 atom stereocenters. The number of hydrogen-bond donors (Lipinski definition) is 4. The summed E-state index contributed by atoms with van der Waals surface area (Å²) >= 11 is 6.38. The smallest absolute Gasteiger partial charge is 0.129 e. The summed E-state index contributed by atoms with van der Waals surface area (Å²) in [5.74, 6) is -2.97. The van der Waals surface area contributed by atoms with Gasteiger partial charge in [0, 0.05) is 56.0 Å². The van der Waals surface area contributed by atoms with Crippen molar-refractivity contribution in [3.8, 4) is 0 Å². The molecule has 2 heterocycles. The van der Waals surface area contributed by atoms with Crippen LogP contribution in [-0.2, 0) is 11.2 Å². The maximum atomic E-state index is 13.8. The summed E-state index contributed by atoms with van der Waals surface area (Å²) in [6, 6.07) is 8.53. The molecule has 0 aliphatic carbocycles. The molecular weight excluding hydrogens is 664 g/mol. The second-order valence-electron chi connectivity index (χ2n) is 9.22. The first kappa shape index (κ1) is 31.8. The predicted octanol–water partition coefficient (Wildman–Crippen LogP) is 6.13. The van der Waals surface area contributed by atoms with Crippen LogP contribution in [-0.4, -0.2) is 30.4 Å². The second kappa shape index (κ2) is 12.8. The van der Waals surface area contributed by atoms with Gasteiger partial charge < -0.3 is 20.4 Å². The second-order valence-corrected chi connectivity index (χ2v) is 11.1. The van der Waals surface area contributed by atoms with Crippen LogP contribution in [0.25, 0.3) is 0 Å². The van der Waals surface area contributed by atoms with Gasteiger partial charge in [-0.1, -0.05) is 0 Å². The third-order valence-electron chi connectivity index (χ3n) is 6.10. The maximum absolute atomic E-state index is 13.8. The molecule has 12 heteroatoms. The largest absolute Gasteiger partial charge is 0.385 e. The van der Waals surface area contributed by atoms with E-state index in [1.165, 1.54) is 38.6 Å². The number of aliphatic hydroxyl groups excluding tert-OH is 2. The molecule has 0 unspecified atom stereocenters. The van der Waals surface area contributed by atoms with Crippen molar-refractivity contribution in [3.63, 3.8) is 0 Å². The van der Waals surface area contributed by atoms with Gasteiger partial charge in [0.15, 0.2) is 0 Å². The molecule has 0 bridgehead atoms. The molecule has 0 aliphatic rings. The van der Waals surface area contributed by atoms with Crippen molar-refractivity contribution in [2.24, 2.45) is 0 Å². The molecule has 0 saturated heterocycles. The zero-order chi connectivity index (χ0) is 29.8. The minimum atomic E-state index is -1.99. The predicted molar refractivity (Wildman–Crippen MR) is 146 cm³/mol. The van der Waals surface area contributed by atoms with Crippen LogP contribution in [0.1, 0.15) is 48.3 Å². The van der Waals surface area contributed by atoms with E-state index >= 15 is 0 Å². The van der Waals surface area contributed by atoms with E-state index in [0.29, 0.717) is 8.95 Å². The standard InChI is InChI=1S/2C14H12BrF2NO2/c2*1-14(20,11-5-10(16)2-3-12(11)17)13(19)8-4-9(15)7-18-6-8/h2*2-7,13,19-20H,1H3/t13-,14+;13-,14-/m11/s1. The topological polar surface area (TPSA) is 107 Å². The van der Waals surface area contributed by atoms with Gasteiger partial charge in [0.25, 0.3) is 0 Å². The van der Waals surface area contributed by atoms with E-state index < -0.39 is 46.7 Å². The molecule has 4 aromatic rings. The summed E-state index contributed by atoms with van der Waals surface area (Å²) in [6.45, 7) is 2.44. The molecule has 2 aromatic carbocycles. The minimum absolute atomic E-state index is 0.285. The highest BCUT2D eigenvalue weighted by atomic mass is 79.9. The third kappa shape index (κ3) is 7.31. The van der Waals surface area contributed by atoms with Gasteiger partial charge in [-0.25, -0.2) is 17.6 Å². The van der Waals surface area contributed by atoms with Gasteiger partial charge in [0.05, 0.1) is 0 Å². The average Bonchev–Trinajstić information content (AvgIpc) is 2.90. The van der Waals surface area contributed by atoms with Crippen molar-refractivity contribution in [1.29, 1.82) is 0 Å². The van der Waals surface area contributed by atoms with Crippen LogP contribution in [0.5, 0.6) is 0 Å². The fourth-order valence-corrected chi connectivity index (χ4v) is 4.64. The van der Waals surface area contributed by atoms with Crippen molar-refractivity contribution in [3.05, 3.63) is 128 Å². The van der Waals surface area contributed by atoms with Crippen molar-refractivity contribution < 1.29 is 38.0 Å². The molecule has 0 amide bonds. The Bertz CT molecular complexity index is 1380. The fraction of sp³-hybridized carbons (Fsp3) is 0.214. The molecule has 4 N–H and O–H groups in total. The highest BCUT2D eigenvalue weighted by molar-refractivity contribution is 9.10. The van der Waals surface area contributed by atoms with E-state index in [1.807, 2.05) is 0 Å². The number of nitrogens with zero attached hydrogens (tertiary/aromatic N) is 2. The minimum Gasteiger partial charge on any atom is -0.385 e. The summed E-state index contributed by atoms with van der Waals surface area (Å²) in [7, 11) is 0. The Kier molecular flexibility index (Phi) is 10.2. The number of rotatable bonds is 6. The lowest BCUT2D eigenvalue weighted by atomic mass is 9.86. The van der Waals surface area contributed by atoms with E-state index in [1.54, 1.807) is 12.1 Å². The number of aromatic nitrogens is 2. The monoisotopic (exact) mass is 686 g/mol. The van der Waals surface area contributed by atoms with Crippen LogP contribution in [0.3, 0.4) is 0 Å². The number of halogens is 6. The quantitative estimate of drug-likeness (QED) is 0.182. The highest BCUT2D eigenvalue weighted by Gasteiger charge is 2.37. The summed E-state index contributed by atoms with van der Waals surface area (Å²) in [6.07, 6.45) is 2.80. The zero-order valence-corrected chi connectivity index (χ0v) is 24.2. The van der Waals surface area contributed by atoms with E-state index in [9.17, 15) is 38.0 Å². The number of benzene rings is 2. The number of pyridine rings is 2. The van der Waals surface area contributed by atoms with Crippen molar-refractivity contribution in [2.75, 3.05) is 0 Å². The lowest BCUT2D eigenvalue weighted by Crippen LogP contribution is -2.31. The van der Waals surface area contributed by atoms with Crippen LogP contribution in [0.15, 0.2) is 82.3 Å². The third-order valence-corrected chi connectivity index (χ3v) is 6.96. The van der Waals surface area contributed by atoms with Gasteiger partial charge in [-0.05, 0) is 94.2 Å². The van der Waals surface area contributed by atoms with Gasteiger partial charge in [-0.15, -0.1) is 0 Å². The van der Waals surface area contributed by atoms with Gasteiger partial charge in [0.1, 0.15) is 46.7 Å². The average molecular weight is 688 g/mol. The Morgan fingerprint density at radius 1 is 0.625 bits per heavy atom. The van der Waals surface area contributed by atoms with E-state index in [4.69, 9.17) is 0 Å². The number of hydrogen-bond acceptors (Lipinski definition) is 6. The van der Waals surface area contributed by atoms with Crippen LogP contribution in [0.2, 0.25) is 0 Å². The molecule has 40 heavy (non-hydrogen) atoms. The molecule has 2 aromatic heterocycles. The van der Waals surface area contributed by atoms with Crippen LogP contribution < -0.4 is 0 Å². The van der Waals surface area contributed by atoms with Crippen LogP contribution in [0, 0.1) is 23.3 Å². The van der Waals surface area contributed by atoms with Crippen LogP contribution >= 0.6 is 31.9 Å². The molecule has 212 valence electrons. The summed E-state index contributed by atoms with van der Waals surface area (Å²) in [5, 5.41) is 41.3. The van der Waals surface area contributed by atoms with Crippen molar-refractivity contribution >= 4 is 31.9 Å². The van der Waals surface area contributed by atoms with E-state index in [-0.39, 0.29) is 22.3 Å².